The fraction of sp³-hybridized carbons (Fsp3) is 0.105. The first-order chi connectivity index (χ1) is 11.8. The maximum atomic E-state index is 10.5. The second-order valence-corrected chi connectivity index (χ2v) is 5.20. The normalized spacial score (nSPS) is 10.2. The minimum atomic E-state index is 0.286. The zero-order chi connectivity index (χ0) is 16.8. The molecule has 5 heteroatoms. The van der Waals surface area contributed by atoms with E-state index in [1.54, 1.807) is 24.5 Å². The molecule has 0 saturated heterocycles. The third-order valence-electron chi connectivity index (χ3n) is 3.59. The topological polar surface area (TPSA) is 64.1 Å². The molecular formula is C19H17N3O2. The Kier molecular flexibility index (Phi) is 4.81. The van der Waals surface area contributed by atoms with Gasteiger partial charge in [-0.1, -0.05) is 24.3 Å². The van der Waals surface area contributed by atoms with E-state index >= 15 is 0 Å². The number of carbonyl (C=O) groups is 1. The molecule has 120 valence electrons. The van der Waals surface area contributed by atoms with E-state index in [4.69, 9.17) is 4.74 Å². The lowest BCUT2D eigenvalue weighted by Gasteiger charge is -2.06. The van der Waals surface area contributed by atoms with Gasteiger partial charge < -0.3 is 14.8 Å². The molecule has 2 aromatic carbocycles. The lowest BCUT2D eigenvalue weighted by Crippen LogP contribution is -1.93. The molecule has 0 aliphatic heterocycles. The predicted molar refractivity (Wildman–Crippen MR) is 93.3 cm³/mol. The first kappa shape index (κ1) is 15.7. The number of nitrogens with one attached hydrogen (secondary N) is 1. The van der Waals surface area contributed by atoms with Crippen LogP contribution in [-0.2, 0) is 11.2 Å². The van der Waals surface area contributed by atoms with E-state index in [1.807, 2.05) is 43.4 Å². The van der Waals surface area contributed by atoms with Gasteiger partial charge in [-0.2, -0.15) is 0 Å². The molecule has 0 aliphatic rings. The number of aromatic nitrogens is 2. The number of hydrogen-bond donors (Lipinski definition) is 1. The van der Waals surface area contributed by atoms with Crippen LogP contribution in [-0.4, -0.2) is 23.3 Å². The average Bonchev–Trinajstić information content (AvgIpc) is 2.64. The summed E-state index contributed by atoms with van der Waals surface area (Å²) >= 11 is 0. The summed E-state index contributed by atoms with van der Waals surface area (Å²) in [4.78, 5) is 19.0. The molecule has 0 aliphatic carbocycles. The van der Waals surface area contributed by atoms with Gasteiger partial charge in [0.25, 0.3) is 0 Å². The molecule has 0 saturated carbocycles. The molecule has 3 rings (SSSR count). The summed E-state index contributed by atoms with van der Waals surface area (Å²) in [6, 6.07) is 15.6. The van der Waals surface area contributed by atoms with Gasteiger partial charge in [-0.05, 0) is 35.4 Å². The summed E-state index contributed by atoms with van der Waals surface area (Å²) in [6.45, 7) is 0. The van der Waals surface area contributed by atoms with Crippen molar-refractivity contribution in [2.75, 3.05) is 12.4 Å². The third kappa shape index (κ3) is 3.76. The highest BCUT2D eigenvalue weighted by molar-refractivity contribution is 5.64. The number of nitrogens with zero attached hydrogens (tertiary/aromatic N) is 2. The van der Waals surface area contributed by atoms with E-state index in [9.17, 15) is 4.79 Å². The van der Waals surface area contributed by atoms with Crippen molar-refractivity contribution in [3.8, 4) is 22.9 Å². The van der Waals surface area contributed by atoms with E-state index in [2.05, 4.69) is 15.3 Å². The zero-order valence-corrected chi connectivity index (χ0v) is 13.3. The Morgan fingerprint density at radius 3 is 2.21 bits per heavy atom. The molecule has 0 spiro atoms. The van der Waals surface area contributed by atoms with Gasteiger partial charge in [0.1, 0.15) is 12.0 Å². The minimum absolute atomic E-state index is 0.286. The first-order valence-corrected chi connectivity index (χ1v) is 7.59. The van der Waals surface area contributed by atoms with Crippen LogP contribution in [0.15, 0.2) is 60.9 Å². The molecule has 0 bridgehead atoms. The molecule has 0 atom stereocenters. The van der Waals surface area contributed by atoms with Gasteiger partial charge in [0.15, 0.2) is 0 Å². The number of carbonyl (C=O) groups excluding carboxylic acids is 1. The van der Waals surface area contributed by atoms with E-state index in [0.29, 0.717) is 12.2 Å². The molecule has 0 unspecified atom stereocenters. The molecule has 24 heavy (non-hydrogen) atoms. The van der Waals surface area contributed by atoms with Crippen LogP contribution in [0.5, 0.6) is 11.8 Å². The Bertz CT molecular complexity index is 798. The highest BCUT2D eigenvalue weighted by Crippen LogP contribution is 2.23. The summed E-state index contributed by atoms with van der Waals surface area (Å²) in [6.07, 6.45) is 4.74. The molecule has 1 N–H and O–H groups in total. The van der Waals surface area contributed by atoms with Crippen LogP contribution in [0, 0.1) is 0 Å². The Morgan fingerprint density at radius 1 is 0.958 bits per heavy atom. The fourth-order valence-corrected chi connectivity index (χ4v) is 2.24. The highest BCUT2D eigenvalue weighted by Gasteiger charge is 2.03. The lowest BCUT2D eigenvalue weighted by molar-refractivity contribution is -0.107. The lowest BCUT2D eigenvalue weighted by atomic mass is 10.1. The number of benzene rings is 2. The van der Waals surface area contributed by atoms with Gasteiger partial charge in [0.05, 0.1) is 0 Å². The van der Waals surface area contributed by atoms with Crippen molar-refractivity contribution in [1.82, 2.24) is 9.97 Å². The second kappa shape index (κ2) is 7.37. The Hall–Kier alpha value is -3.21. The SMILES string of the molecule is CNc1ccc(-c2cnc(Oc3ccc(CC=O)cc3)nc2)cc1. The Balaban J connectivity index is 1.70. The predicted octanol–water partition coefficient (Wildman–Crippen LogP) is 3.72. The Labute approximate surface area is 140 Å². The standard InChI is InChI=1S/C19H17N3O2/c1-20-17-6-4-15(5-7-17)16-12-21-19(22-13-16)24-18-8-2-14(3-9-18)10-11-23/h2-9,11-13,20H,10H2,1H3. The van der Waals surface area contributed by atoms with Crippen molar-refractivity contribution in [2.45, 2.75) is 6.42 Å². The second-order valence-electron chi connectivity index (χ2n) is 5.20. The quantitative estimate of drug-likeness (QED) is 0.702. The summed E-state index contributed by atoms with van der Waals surface area (Å²) in [5.41, 5.74) is 3.96. The Morgan fingerprint density at radius 2 is 1.62 bits per heavy atom. The van der Waals surface area contributed by atoms with Gasteiger partial charge in [-0.15, -0.1) is 0 Å². The molecule has 1 heterocycles. The zero-order valence-electron chi connectivity index (χ0n) is 13.3. The number of ether oxygens (including phenoxy) is 1. The van der Waals surface area contributed by atoms with Crippen LogP contribution < -0.4 is 10.1 Å². The van der Waals surface area contributed by atoms with E-state index in [-0.39, 0.29) is 6.01 Å². The molecule has 0 amide bonds. The van der Waals surface area contributed by atoms with Gasteiger partial charge in [-0.25, -0.2) is 9.97 Å². The van der Waals surface area contributed by atoms with Crippen LogP contribution in [0.25, 0.3) is 11.1 Å². The number of aldehydes is 1. The minimum Gasteiger partial charge on any atom is -0.424 e. The van der Waals surface area contributed by atoms with Crippen molar-refractivity contribution in [1.29, 1.82) is 0 Å². The average molecular weight is 319 g/mol. The maximum absolute atomic E-state index is 10.5. The molecule has 0 radical (unpaired) electrons. The van der Waals surface area contributed by atoms with Crippen LogP contribution >= 0.6 is 0 Å². The van der Waals surface area contributed by atoms with Crippen LogP contribution in [0.3, 0.4) is 0 Å². The summed E-state index contributed by atoms with van der Waals surface area (Å²) in [7, 11) is 1.88. The smallest absolute Gasteiger partial charge is 0.321 e. The van der Waals surface area contributed by atoms with Crippen molar-refractivity contribution < 1.29 is 9.53 Å². The third-order valence-corrected chi connectivity index (χ3v) is 3.59. The maximum Gasteiger partial charge on any atom is 0.321 e. The summed E-state index contributed by atoms with van der Waals surface area (Å²) in [5, 5.41) is 3.08. The summed E-state index contributed by atoms with van der Waals surface area (Å²) in [5.74, 6) is 0.635. The van der Waals surface area contributed by atoms with Crippen molar-refractivity contribution in [2.24, 2.45) is 0 Å². The van der Waals surface area contributed by atoms with Crippen molar-refractivity contribution in [3.05, 3.63) is 66.5 Å². The molecule has 1 aromatic heterocycles. The molecule has 5 nitrogen and oxygen atoms in total. The van der Waals surface area contributed by atoms with Crippen LogP contribution in [0.2, 0.25) is 0 Å². The molecular weight excluding hydrogens is 302 g/mol. The number of hydrogen-bond acceptors (Lipinski definition) is 5. The molecule has 3 aromatic rings. The molecule has 0 fully saturated rings. The summed E-state index contributed by atoms with van der Waals surface area (Å²) < 4.78 is 5.62. The van der Waals surface area contributed by atoms with Gasteiger partial charge >= 0.3 is 6.01 Å². The van der Waals surface area contributed by atoms with Gasteiger partial charge in [0.2, 0.25) is 0 Å². The monoisotopic (exact) mass is 319 g/mol. The first-order valence-electron chi connectivity index (χ1n) is 7.59. The van der Waals surface area contributed by atoms with Crippen molar-refractivity contribution >= 4 is 12.0 Å². The highest BCUT2D eigenvalue weighted by atomic mass is 16.5. The van der Waals surface area contributed by atoms with Gasteiger partial charge in [-0.3, -0.25) is 0 Å². The van der Waals surface area contributed by atoms with E-state index in [1.165, 1.54) is 0 Å². The van der Waals surface area contributed by atoms with E-state index in [0.717, 1.165) is 28.7 Å². The largest absolute Gasteiger partial charge is 0.424 e. The van der Waals surface area contributed by atoms with Gasteiger partial charge in [0, 0.05) is 37.1 Å². The van der Waals surface area contributed by atoms with Crippen LogP contribution in [0.4, 0.5) is 5.69 Å². The van der Waals surface area contributed by atoms with E-state index < -0.39 is 0 Å². The number of rotatable bonds is 6. The van der Waals surface area contributed by atoms with Crippen LogP contribution in [0.1, 0.15) is 5.56 Å². The van der Waals surface area contributed by atoms with Crippen molar-refractivity contribution in [3.63, 3.8) is 0 Å². The fourth-order valence-electron chi connectivity index (χ4n) is 2.24. The number of anilines is 1.